The lowest BCUT2D eigenvalue weighted by molar-refractivity contribution is -0.166. The van der Waals surface area contributed by atoms with Crippen molar-refractivity contribution in [2.24, 2.45) is 47.3 Å². The van der Waals surface area contributed by atoms with E-state index < -0.39 is 43.7 Å². The highest BCUT2D eigenvalue weighted by atomic mass is 19.3. The van der Waals surface area contributed by atoms with Gasteiger partial charge in [0.05, 0.1) is 24.9 Å². The van der Waals surface area contributed by atoms with Crippen molar-refractivity contribution in [3.63, 3.8) is 0 Å². The molecule has 4 bridgehead atoms. The van der Waals surface area contributed by atoms with Gasteiger partial charge in [-0.05, 0) is 61.7 Å². The molecule has 0 aromatic carbocycles. The molecule has 9 atom stereocenters. The van der Waals surface area contributed by atoms with E-state index in [1.54, 1.807) is 0 Å². The Labute approximate surface area is 180 Å². The summed E-state index contributed by atoms with van der Waals surface area (Å²) in [7, 11) is 0. The number of carbonyl (C=O) groups excluding carboxylic acids is 2. The van der Waals surface area contributed by atoms with Gasteiger partial charge in [0.25, 0.3) is 5.92 Å². The Morgan fingerprint density at radius 2 is 1.65 bits per heavy atom. The second-order valence-electron chi connectivity index (χ2n) is 10.4. The van der Waals surface area contributed by atoms with Crippen molar-refractivity contribution in [3.8, 4) is 0 Å². The van der Waals surface area contributed by atoms with Gasteiger partial charge in [-0.25, -0.2) is 17.6 Å². The Morgan fingerprint density at radius 1 is 0.935 bits per heavy atom. The van der Waals surface area contributed by atoms with Crippen LogP contribution in [0.3, 0.4) is 0 Å². The molecule has 0 aliphatic heterocycles. The zero-order valence-corrected chi connectivity index (χ0v) is 18.1. The maximum absolute atomic E-state index is 13.4. The Hall–Kier alpha value is -1.34. The molecule has 0 saturated heterocycles. The average molecular weight is 448 g/mol. The van der Waals surface area contributed by atoms with Crippen LogP contribution < -0.4 is 0 Å². The average Bonchev–Trinajstić information content (AvgIpc) is 3.42. The van der Waals surface area contributed by atoms with E-state index in [1.165, 1.54) is 0 Å². The molecule has 4 fully saturated rings. The largest absolute Gasteiger partial charge is 0.465 e. The zero-order valence-electron chi connectivity index (χ0n) is 18.1. The van der Waals surface area contributed by atoms with Gasteiger partial charge in [0, 0.05) is 12.3 Å². The molecule has 0 heterocycles. The summed E-state index contributed by atoms with van der Waals surface area (Å²) < 4.78 is 62.1. The van der Waals surface area contributed by atoms with Gasteiger partial charge in [-0.3, -0.25) is 9.59 Å². The normalized spacial score (nSPS) is 41.2. The molecule has 0 radical (unpaired) electrons. The van der Waals surface area contributed by atoms with Crippen molar-refractivity contribution in [2.45, 2.75) is 77.2 Å². The molecular formula is C23H32F4O4. The molecule has 9 unspecified atom stereocenters. The fraction of sp³-hybridized carbons (Fsp3) is 0.913. The fourth-order valence-electron chi connectivity index (χ4n) is 6.88. The number of ether oxygens (including phenoxy) is 2. The van der Waals surface area contributed by atoms with Gasteiger partial charge in [0.15, 0.2) is 0 Å². The topological polar surface area (TPSA) is 52.6 Å². The molecule has 4 nitrogen and oxygen atoms in total. The predicted molar refractivity (Wildman–Crippen MR) is 103 cm³/mol. The standard InChI is InChI=1S/C23H32F4O4/c1-11-12(2)15-8-14(11)9-18(15)22(29)31-19-7-13-5-16(19)17(6-13)21(28)30-4-3-23(26,27)10-20(24)25/h11-20H,3-10H2,1-2H3. The van der Waals surface area contributed by atoms with Gasteiger partial charge in [-0.15, -0.1) is 0 Å². The van der Waals surface area contributed by atoms with E-state index in [9.17, 15) is 27.2 Å². The third-order valence-corrected chi connectivity index (χ3v) is 8.69. The van der Waals surface area contributed by atoms with Crippen LogP contribution >= 0.6 is 0 Å². The van der Waals surface area contributed by atoms with E-state index >= 15 is 0 Å². The monoisotopic (exact) mass is 448 g/mol. The van der Waals surface area contributed by atoms with Gasteiger partial charge in [0.2, 0.25) is 6.43 Å². The van der Waals surface area contributed by atoms with Crippen LogP contribution in [0.1, 0.15) is 58.8 Å². The van der Waals surface area contributed by atoms with E-state index in [0.717, 1.165) is 25.7 Å². The predicted octanol–water partition coefficient (Wildman–Crippen LogP) is 5.10. The summed E-state index contributed by atoms with van der Waals surface area (Å²) in [6.45, 7) is 3.88. The highest BCUT2D eigenvalue weighted by Crippen LogP contribution is 2.56. The minimum absolute atomic E-state index is 0.0576. The van der Waals surface area contributed by atoms with Gasteiger partial charge in [0.1, 0.15) is 6.10 Å². The number of alkyl halides is 4. The zero-order chi connectivity index (χ0) is 22.5. The van der Waals surface area contributed by atoms with Gasteiger partial charge in [-0.1, -0.05) is 13.8 Å². The van der Waals surface area contributed by atoms with Crippen molar-refractivity contribution in [1.82, 2.24) is 0 Å². The molecule has 0 amide bonds. The second kappa shape index (κ2) is 8.54. The third-order valence-electron chi connectivity index (χ3n) is 8.69. The Bertz CT molecular complexity index is 697. The van der Waals surface area contributed by atoms with Crippen molar-refractivity contribution >= 4 is 11.9 Å². The lowest BCUT2D eigenvalue weighted by atomic mass is 9.76. The van der Waals surface area contributed by atoms with E-state index in [2.05, 4.69) is 13.8 Å². The lowest BCUT2D eigenvalue weighted by Crippen LogP contribution is -2.38. The number of carbonyl (C=O) groups is 2. The summed E-state index contributed by atoms with van der Waals surface area (Å²) in [5, 5.41) is 0. The van der Waals surface area contributed by atoms with Crippen LogP contribution in [0, 0.1) is 47.3 Å². The highest BCUT2D eigenvalue weighted by Gasteiger charge is 2.55. The van der Waals surface area contributed by atoms with Crippen LogP contribution in [0.5, 0.6) is 0 Å². The van der Waals surface area contributed by atoms with Gasteiger partial charge < -0.3 is 9.47 Å². The van der Waals surface area contributed by atoms with E-state index in [0.29, 0.717) is 30.1 Å². The first-order valence-electron chi connectivity index (χ1n) is 11.6. The first kappa shape index (κ1) is 22.8. The van der Waals surface area contributed by atoms with Crippen molar-refractivity contribution < 1.29 is 36.6 Å². The number of fused-ring (bicyclic) bond motifs is 4. The summed E-state index contributed by atoms with van der Waals surface area (Å²) in [5.41, 5.74) is 0. The van der Waals surface area contributed by atoms with Crippen LogP contribution in [0.4, 0.5) is 17.6 Å². The number of rotatable bonds is 8. The van der Waals surface area contributed by atoms with Crippen LogP contribution in [0.2, 0.25) is 0 Å². The Kier molecular flexibility index (Phi) is 6.29. The Balaban J connectivity index is 1.27. The summed E-state index contributed by atoms with van der Waals surface area (Å²) in [6.07, 6.45) is -1.79. The summed E-state index contributed by atoms with van der Waals surface area (Å²) in [6, 6.07) is 0. The Morgan fingerprint density at radius 3 is 2.26 bits per heavy atom. The number of hydrogen-bond donors (Lipinski definition) is 0. The van der Waals surface area contributed by atoms with Crippen LogP contribution in [0.25, 0.3) is 0 Å². The van der Waals surface area contributed by atoms with Gasteiger partial charge in [-0.2, -0.15) is 0 Å². The molecule has 0 N–H and O–H groups in total. The SMILES string of the molecule is CC1C2CC(C(=O)OC3CC4CC(C(=O)OCCC(F)(F)CC(F)F)C3C4)C(C2)C1C. The molecule has 8 heteroatoms. The van der Waals surface area contributed by atoms with E-state index in [4.69, 9.17) is 9.47 Å². The molecule has 0 aromatic rings. The highest BCUT2D eigenvalue weighted by molar-refractivity contribution is 5.75. The molecule has 4 rings (SSSR count). The fourth-order valence-corrected chi connectivity index (χ4v) is 6.88. The molecule has 0 aromatic heterocycles. The maximum Gasteiger partial charge on any atom is 0.309 e. The van der Waals surface area contributed by atoms with Crippen molar-refractivity contribution in [2.75, 3.05) is 6.61 Å². The van der Waals surface area contributed by atoms with Crippen LogP contribution in [0.15, 0.2) is 0 Å². The summed E-state index contributed by atoms with van der Waals surface area (Å²) in [4.78, 5) is 25.3. The first-order valence-corrected chi connectivity index (χ1v) is 11.6. The number of hydrogen-bond acceptors (Lipinski definition) is 4. The molecule has 4 saturated carbocycles. The molecule has 4 aliphatic carbocycles. The number of esters is 2. The first-order chi connectivity index (χ1) is 14.6. The smallest absolute Gasteiger partial charge is 0.309 e. The second-order valence-corrected chi connectivity index (χ2v) is 10.4. The summed E-state index contributed by atoms with van der Waals surface area (Å²) in [5.74, 6) is -2.58. The van der Waals surface area contributed by atoms with E-state index in [-0.39, 0.29) is 29.8 Å². The number of halogens is 4. The maximum atomic E-state index is 13.4. The molecular weight excluding hydrogens is 416 g/mol. The molecule has 0 spiro atoms. The minimum Gasteiger partial charge on any atom is -0.465 e. The molecule has 31 heavy (non-hydrogen) atoms. The molecule has 176 valence electrons. The van der Waals surface area contributed by atoms with Crippen LogP contribution in [-0.4, -0.2) is 37.0 Å². The van der Waals surface area contributed by atoms with Crippen molar-refractivity contribution in [1.29, 1.82) is 0 Å². The third kappa shape index (κ3) is 4.58. The van der Waals surface area contributed by atoms with Gasteiger partial charge >= 0.3 is 11.9 Å². The quantitative estimate of drug-likeness (QED) is 0.383. The minimum atomic E-state index is -3.56. The van der Waals surface area contributed by atoms with E-state index in [1.807, 2.05) is 0 Å². The van der Waals surface area contributed by atoms with Crippen molar-refractivity contribution in [3.05, 3.63) is 0 Å². The lowest BCUT2D eigenvalue weighted by Gasteiger charge is -2.33. The molecule has 4 aliphatic rings. The van der Waals surface area contributed by atoms with Crippen LogP contribution in [-0.2, 0) is 19.1 Å². The summed E-state index contributed by atoms with van der Waals surface area (Å²) >= 11 is 0.